The van der Waals surface area contributed by atoms with Gasteiger partial charge in [-0.3, -0.25) is 4.99 Å². The standard InChI is InChI=1S/C19H28N4O3/c1-19(2,3)16-11-21-17(26-16)12-23-18(20-4)22-10-13-7-8-14(24-5)9-15(13)25-6/h7-9,11H,10,12H2,1-6H3,(H2,20,22,23). The maximum atomic E-state index is 5.78. The normalized spacial score (nSPS) is 12.0. The Bertz CT molecular complexity index is 747. The Kier molecular flexibility index (Phi) is 6.49. The second-order valence-corrected chi connectivity index (χ2v) is 6.83. The van der Waals surface area contributed by atoms with Gasteiger partial charge in [0.25, 0.3) is 0 Å². The number of methoxy groups -OCH3 is 2. The number of aromatic nitrogens is 1. The molecule has 0 radical (unpaired) electrons. The lowest BCUT2D eigenvalue weighted by Gasteiger charge is -2.14. The highest BCUT2D eigenvalue weighted by molar-refractivity contribution is 5.79. The van der Waals surface area contributed by atoms with Crippen molar-refractivity contribution >= 4 is 5.96 Å². The smallest absolute Gasteiger partial charge is 0.213 e. The minimum Gasteiger partial charge on any atom is -0.497 e. The van der Waals surface area contributed by atoms with Crippen LogP contribution in [0.5, 0.6) is 11.5 Å². The first-order valence-electron chi connectivity index (χ1n) is 8.48. The first kappa shape index (κ1) is 19.6. The number of aliphatic imine (C=N–C) groups is 1. The topological polar surface area (TPSA) is 80.9 Å². The van der Waals surface area contributed by atoms with E-state index in [1.807, 2.05) is 18.2 Å². The molecule has 2 aromatic rings. The van der Waals surface area contributed by atoms with Crippen molar-refractivity contribution in [2.24, 2.45) is 4.99 Å². The summed E-state index contributed by atoms with van der Waals surface area (Å²) in [7, 11) is 4.99. The second-order valence-electron chi connectivity index (χ2n) is 6.83. The molecule has 0 aliphatic heterocycles. The highest BCUT2D eigenvalue weighted by Crippen LogP contribution is 2.24. The average molecular weight is 360 g/mol. The molecular formula is C19H28N4O3. The van der Waals surface area contributed by atoms with Gasteiger partial charge in [0.2, 0.25) is 5.89 Å². The summed E-state index contributed by atoms with van der Waals surface area (Å²) in [5, 5.41) is 6.45. The third-order valence-corrected chi connectivity index (χ3v) is 3.86. The van der Waals surface area contributed by atoms with Gasteiger partial charge in [0.1, 0.15) is 17.3 Å². The van der Waals surface area contributed by atoms with E-state index in [-0.39, 0.29) is 5.41 Å². The zero-order valence-corrected chi connectivity index (χ0v) is 16.3. The molecule has 1 aromatic carbocycles. The fourth-order valence-electron chi connectivity index (χ4n) is 2.30. The number of nitrogens with zero attached hydrogens (tertiary/aromatic N) is 2. The van der Waals surface area contributed by atoms with Crippen molar-refractivity contribution in [2.75, 3.05) is 21.3 Å². The molecule has 7 heteroatoms. The van der Waals surface area contributed by atoms with Crippen LogP contribution in [0.3, 0.4) is 0 Å². The molecule has 0 atom stereocenters. The van der Waals surface area contributed by atoms with Gasteiger partial charge >= 0.3 is 0 Å². The number of hydrogen-bond acceptors (Lipinski definition) is 5. The fourth-order valence-corrected chi connectivity index (χ4v) is 2.30. The molecule has 0 unspecified atom stereocenters. The van der Waals surface area contributed by atoms with Crippen molar-refractivity contribution in [1.82, 2.24) is 15.6 Å². The summed E-state index contributed by atoms with van der Waals surface area (Å²) in [5.74, 6) is 3.65. The van der Waals surface area contributed by atoms with Gasteiger partial charge in [-0.15, -0.1) is 0 Å². The van der Waals surface area contributed by atoms with Crippen LogP contribution in [-0.4, -0.2) is 32.2 Å². The molecule has 0 spiro atoms. The Labute approximate surface area is 154 Å². The molecule has 1 heterocycles. The van der Waals surface area contributed by atoms with Gasteiger partial charge in [0.15, 0.2) is 5.96 Å². The summed E-state index contributed by atoms with van der Waals surface area (Å²) in [6.07, 6.45) is 1.77. The van der Waals surface area contributed by atoms with Crippen LogP contribution in [0.25, 0.3) is 0 Å². The third kappa shape index (κ3) is 5.15. The molecule has 0 aliphatic carbocycles. The first-order valence-corrected chi connectivity index (χ1v) is 8.48. The van der Waals surface area contributed by atoms with E-state index in [4.69, 9.17) is 13.9 Å². The molecule has 0 bridgehead atoms. The molecule has 0 aliphatic rings. The average Bonchev–Trinajstić information content (AvgIpc) is 3.11. The summed E-state index contributed by atoms with van der Waals surface area (Å²) in [6, 6.07) is 5.71. The molecule has 0 fully saturated rings. The highest BCUT2D eigenvalue weighted by atomic mass is 16.5. The molecule has 26 heavy (non-hydrogen) atoms. The van der Waals surface area contributed by atoms with Gasteiger partial charge in [-0.1, -0.05) is 20.8 Å². The number of benzene rings is 1. The Morgan fingerprint density at radius 2 is 1.88 bits per heavy atom. The zero-order valence-electron chi connectivity index (χ0n) is 16.3. The minimum absolute atomic E-state index is 0.0594. The summed E-state index contributed by atoms with van der Waals surface area (Å²) < 4.78 is 16.4. The number of ether oxygens (including phenoxy) is 2. The van der Waals surface area contributed by atoms with E-state index in [2.05, 4.69) is 41.4 Å². The summed E-state index contributed by atoms with van der Waals surface area (Å²) in [4.78, 5) is 8.53. The predicted molar refractivity (Wildman–Crippen MR) is 102 cm³/mol. The number of oxazole rings is 1. The van der Waals surface area contributed by atoms with Gasteiger partial charge in [0.05, 0.1) is 27.0 Å². The monoisotopic (exact) mass is 360 g/mol. The van der Waals surface area contributed by atoms with Crippen molar-refractivity contribution in [3.8, 4) is 11.5 Å². The van der Waals surface area contributed by atoms with Crippen LogP contribution in [0.4, 0.5) is 0 Å². The van der Waals surface area contributed by atoms with Gasteiger partial charge in [-0.2, -0.15) is 0 Å². The molecule has 1 aromatic heterocycles. The molecule has 142 valence electrons. The maximum Gasteiger partial charge on any atom is 0.213 e. The molecule has 0 amide bonds. The zero-order chi connectivity index (χ0) is 19.2. The second kappa shape index (κ2) is 8.60. The van der Waals surface area contributed by atoms with Crippen molar-refractivity contribution in [3.05, 3.63) is 41.6 Å². The van der Waals surface area contributed by atoms with Crippen molar-refractivity contribution < 1.29 is 13.9 Å². The molecule has 7 nitrogen and oxygen atoms in total. The van der Waals surface area contributed by atoms with Crippen LogP contribution < -0.4 is 20.1 Å². The minimum atomic E-state index is -0.0594. The summed E-state index contributed by atoms with van der Waals surface area (Å²) in [6.45, 7) is 7.29. The molecule has 0 saturated heterocycles. The van der Waals surface area contributed by atoms with Crippen molar-refractivity contribution in [3.63, 3.8) is 0 Å². The van der Waals surface area contributed by atoms with Gasteiger partial charge < -0.3 is 24.5 Å². The van der Waals surface area contributed by atoms with Crippen LogP contribution >= 0.6 is 0 Å². The van der Waals surface area contributed by atoms with E-state index < -0.39 is 0 Å². The largest absolute Gasteiger partial charge is 0.497 e. The van der Waals surface area contributed by atoms with E-state index in [1.54, 1.807) is 27.5 Å². The Hall–Kier alpha value is -2.70. The molecule has 2 rings (SSSR count). The van der Waals surface area contributed by atoms with E-state index in [9.17, 15) is 0 Å². The van der Waals surface area contributed by atoms with E-state index >= 15 is 0 Å². The van der Waals surface area contributed by atoms with Gasteiger partial charge in [-0.25, -0.2) is 4.98 Å². The van der Waals surface area contributed by atoms with E-state index in [1.165, 1.54) is 0 Å². The van der Waals surface area contributed by atoms with Crippen LogP contribution in [-0.2, 0) is 18.5 Å². The fraction of sp³-hybridized carbons (Fsp3) is 0.474. The van der Waals surface area contributed by atoms with Crippen LogP contribution in [0.1, 0.15) is 38.0 Å². The number of hydrogen-bond donors (Lipinski definition) is 2. The van der Waals surface area contributed by atoms with E-state index in [0.717, 1.165) is 22.8 Å². The Morgan fingerprint density at radius 3 is 2.46 bits per heavy atom. The summed E-state index contributed by atoms with van der Waals surface area (Å²) in [5.41, 5.74) is 0.943. The quantitative estimate of drug-likeness (QED) is 0.609. The molecule has 2 N–H and O–H groups in total. The Balaban J connectivity index is 1.93. The van der Waals surface area contributed by atoms with Gasteiger partial charge in [0, 0.05) is 30.6 Å². The lowest BCUT2D eigenvalue weighted by molar-refractivity contribution is 0.379. The van der Waals surface area contributed by atoms with Crippen molar-refractivity contribution in [2.45, 2.75) is 39.3 Å². The third-order valence-electron chi connectivity index (χ3n) is 3.86. The van der Waals surface area contributed by atoms with Crippen LogP contribution in [0.15, 0.2) is 33.8 Å². The lowest BCUT2D eigenvalue weighted by Crippen LogP contribution is -2.36. The van der Waals surface area contributed by atoms with Crippen LogP contribution in [0.2, 0.25) is 0 Å². The SMILES string of the molecule is CN=C(NCc1ncc(C(C)(C)C)o1)NCc1ccc(OC)cc1OC. The first-order chi connectivity index (χ1) is 12.4. The highest BCUT2D eigenvalue weighted by Gasteiger charge is 2.19. The molecular weight excluding hydrogens is 332 g/mol. The van der Waals surface area contributed by atoms with Crippen molar-refractivity contribution in [1.29, 1.82) is 0 Å². The maximum absolute atomic E-state index is 5.78. The number of rotatable bonds is 6. The Morgan fingerprint density at radius 1 is 1.15 bits per heavy atom. The molecule has 0 saturated carbocycles. The number of nitrogens with one attached hydrogen (secondary N) is 2. The lowest BCUT2D eigenvalue weighted by atomic mass is 9.94. The number of guanidine groups is 1. The summed E-state index contributed by atoms with van der Waals surface area (Å²) >= 11 is 0. The van der Waals surface area contributed by atoms with Crippen LogP contribution in [0, 0.1) is 0 Å². The van der Waals surface area contributed by atoms with E-state index in [0.29, 0.717) is 24.9 Å². The van der Waals surface area contributed by atoms with Gasteiger partial charge in [-0.05, 0) is 12.1 Å². The predicted octanol–water partition coefficient (Wildman–Crippen LogP) is 2.85.